The standard InChI is InChI=1S/C24H27N3O3/c1-17-10-11-20(15-18(17)2)24(28)27-13-6-9-21(16-27)29-14-12-22-25-23(30-26-22)19-7-4-3-5-8-19/h3-5,7-8,10-11,15,21H,6,9,12-14,16H2,1-2H3. The van der Waals surface area contributed by atoms with Gasteiger partial charge in [-0.05, 0) is 62.1 Å². The predicted molar refractivity (Wildman–Crippen MR) is 114 cm³/mol. The molecule has 1 aliphatic rings. The average molecular weight is 405 g/mol. The first-order valence-corrected chi connectivity index (χ1v) is 10.5. The van der Waals surface area contributed by atoms with E-state index in [0.717, 1.165) is 36.1 Å². The highest BCUT2D eigenvalue weighted by atomic mass is 16.5. The molecule has 0 N–H and O–H groups in total. The van der Waals surface area contributed by atoms with E-state index in [1.54, 1.807) is 0 Å². The molecule has 0 aliphatic carbocycles. The lowest BCUT2D eigenvalue weighted by Gasteiger charge is -2.32. The number of benzene rings is 2. The predicted octanol–water partition coefficient (Wildman–Crippen LogP) is 4.22. The summed E-state index contributed by atoms with van der Waals surface area (Å²) in [6.45, 7) is 5.99. The maximum Gasteiger partial charge on any atom is 0.257 e. The molecular weight excluding hydrogens is 378 g/mol. The second-order valence-corrected chi connectivity index (χ2v) is 7.82. The molecule has 0 bridgehead atoms. The molecule has 6 nitrogen and oxygen atoms in total. The molecule has 3 aromatic rings. The smallest absolute Gasteiger partial charge is 0.257 e. The second-order valence-electron chi connectivity index (χ2n) is 7.82. The fraction of sp³-hybridized carbons (Fsp3) is 0.375. The second kappa shape index (κ2) is 9.22. The first-order valence-electron chi connectivity index (χ1n) is 10.5. The van der Waals surface area contributed by atoms with Gasteiger partial charge in [-0.25, -0.2) is 0 Å². The van der Waals surface area contributed by atoms with Crippen LogP contribution in [0.25, 0.3) is 11.5 Å². The molecular formula is C24H27N3O3. The van der Waals surface area contributed by atoms with E-state index < -0.39 is 0 Å². The molecule has 0 saturated carbocycles. The summed E-state index contributed by atoms with van der Waals surface area (Å²) >= 11 is 0. The topological polar surface area (TPSA) is 68.5 Å². The summed E-state index contributed by atoms with van der Waals surface area (Å²) in [5, 5.41) is 4.04. The van der Waals surface area contributed by atoms with Crippen LogP contribution in [0.3, 0.4) is 0 Å². The van der Waals surface area contributed by atoms with Crippen molar-refractivity contribution in [1.29, 1.82) is 0 Å². The zero-order chi connectivity index (χ0) is 20.9. The van der Waals surface area contributed by atoms with Gasteiger partial charge in [-0.2, -0.15) is 4.98 Å². The number of nitrogens with zero attached hydrogens (tertiary/aromatic N) is 3. The van der Waals surface area contributed by atoms with Gasteiger partial charge >= 0.3 is 0 Å². The van der Waals surface area contributed by atoms with Gasteiger partial charge in [0.15, 0.2) is 5.82 Å². The lowest BCUT2D eigenvalue weighted by molar-refractivity contribution is 0.00251. The number of carbonyl (C=O) groups is 1. The fourth-order valence-electron chi connectivity index (χ4n) is 3.69. The zero-order valence-electron chi connectivity index (χ0n) is 17.5. The van der Waals surface area contributed by atoms with Crippen molar-refractivity contribution in [2.24, 2.45) is 0 Å². The van der Waals surface area contributed by atoms with Crippen molar-refractivity contribution < 1.29 is 14.1 Å². The van der Waals surface area contributed by atoms with Gasteiger partial charge in [0.25, 0.3) is 11.8 Å². The number of carbonyl (C=O) groups excluding carboxylic acids is 1. The Hall–Kier alpha value is -2.99. The highest BCUT2D eigenvalue weighted by molar-refractivity contribution is 5.94. The first-order chi connectivity index (χ1) is 14.6. The van der Waals surface area contributed by atoms with Crippen molar-refractivity contribution in [3.63, 3.8) is 0 Å². The third kappa shape index (κ3) is 4.76. The van der Waals surface area contributed by atoms with E-state index >= 15 is 0 Å². The molecule has 6 heteroatoms. The lowest BCUT2D eigenvalue weighted by atomic mass is 10.0. The van der Waals surface area contributed by atoms with Crippen molar-refractivity contribution in [1.82, 2.24) is 15.0 Å². The van der Waals surface area contributed by atoms with Crippen LogP contribution >= 0.6 is 0 Å². The van der Waals surface area contributed by atoms with Crippen LogP contribution in [0.5, 0.6) is 0 Å². The Kier molecular flexibility index (Phi) is 6.23. The molecule has 0 spiro atoms. The Labute approximate surface area is 176 Å². The Morgan fingerprint density at radius 2 is 2.00 bits per heavy atom. The van der Waals surface area contributed by atoms with Crippen molar-refractivity contribution in [2.75, 3.05) is 19.7 Å². The highest BCUT2D eigenvalue weighted by Gasteiger charge is 2.25. The number of aromatic nitrogens is 2. The highest BCUT2D eigenvalue weighted by Crippen LogP contribution is 2.19. The molecule has 2 heterocycles. The van der Waals surface area contributed by atoms with Crippen LogP contribution in [-0.4, -0.2) is 46.7 Å². The van der Waals surface area contributed by atoms with Crippen LogP contribution in [-0.2, 0) is 11.2 Å². The molecule has 1 fully saturated rings. The van der Waals surface area contributed by atoms with Crippen LogP contribution in [0.15, 0.2) is 53.1 Å². The number of piperidine rings is 1. The monoisotopic (exact) mass is 405 g/mol. The van der Waals surface area contributed by atoms with Gasteiger partial charge in [0, 0.05) is 30.6 Å². The minimum atomic E-state index is 0.0368. The van der Waals surface area contributed by atoms with E-state index in [9.17, 15) is 4.79 Å². The molecule has 1 aliphatic heterocycles. The summed E-state index contributed by atoms with van der Waals surface area (Å²) in [6.07, 6.45) is 2.52. The Bertz CT molecular complexity index is 1000. The van der Waals surface area contributed by atoms with Gasteiger partial charge < -0.3 is 14.2 Å². The van der Waals surface area contributed by atoms with E-state index in [1.165, 1.54) is 5.56 Å². The van der Waals surface area contributed by atoms with Crippen molar-refractivity contribution >= 4 is 5.91 Å². The molecule has 1 aromatic heterocycles. The minimum absolute atomic E-state index is 0.0368. The number of ether oxygens (including phenoxy) is 1. The molecule has 0 radical (unpaired) electrons. The van der Waals surface area contributed by atoms with Crippen LogP contribution in [0.1, 0.15) is 40.2 Å². The minimum Gasteiger partial charge on any atom is -0.376 e. The van der Waals surface area contributed by atoms with Crippen LogP contribution in [0.4, 0.5) is 0 Å². The number of amides is 1. The molecule has 1 atom stereocenters. The zero-order valence-corrected chi connectivity index (χ0v) is 17.5. The molecule has 1 unspecified atom stereocenters. The summed E-state index contributed by atoms with van der Waals surface area (Å²) in [4.78, 5) is 19.2. The van der Waals surface area contributed by atoms with Gasteiger partial charge in [-0.3, -0.25) is 4.79 Å². The molecule has 1 saturated heterocycles. The SMILES string of the molecule is Cc1ccc(C(=O)N2CCCC(OCCc3noc(-c4ccccc4)n3)C2)cc1C. The van der Waals surface area contributed by atoms with Crippen LogP contribution in [0.2, 0.25) is 0 Å². The van der Waals surface area contributed by atoms with Crippen LogP contribution < -0.4 is 0 Å². The quantitative estimate of drug-likeness (QED) is 0.614. The largest absolute Gasteiger partial charge is 0.376 e. The summed E-state index contributed by atoms with van der Waals surface area (Å²) < 4.78 is 11.4. The third-order valence-corrected chi connectivity index (χ3v) is 5.59. The van der Waals surface area contributed by atoms with E-state index in [4.69, 9.17) is 9.26 Å². The molecule has 2 aromatic carbocycles. The number of rotatable bonds is 6. The van der Waals surface area contributed by atoms with Gasteiger partial charge in [0.05, 0.1) is 12.7 Å². The Morgan fingerprint density at radius 3 is 2.80 bits per heavy atom. The van der Waals surface area contributed by atoms with E-state index in [-0.39, 0.29) is 12.0 Å². The Morgan fingerprint density at radius 1 is 1.17 bits per heavy atom. The van der Waals surface area contributed by atoms with E-state index in [1.807, 2.05) is 60.4 Å². The normalized spacial score (nSPS) is 16.6. The maximum absolute atomic E-state index is 12.9. The van der Waals surface area contributed by atoms with Gasteiger partial charge in [0.2, 0.25) is 0 Å². The molecule has 4 rings (SSSR count). The average Bonchev–Trinajstić information content (AvgIpc) is 3.25. The van der Waals surface area contributed by atoms with Gasteiger partial charge in [0.1, 0.15) is 0 Å². The lowest BCUT2D eigenvalue weighted by Crippen LogP contribution is -2.43. The molecule has 30 heavy (non-hydrogen) atoms. The first kappa shape index (κ1) is 20.3. The fourth-order valence-corrected chi connectivity index (χ4v) is 3.69. The molecule has 156 valence electrons. The van der Waals surface area contributed by atoms with E-state index in [0.29, 0.717) is 31.3 Å². The van der Waals surface area contributed by atoms with Crippen molar-refractivity contribution in [2.45, 2.75) is 39.2 Å². The van der Waals surface area contributed by atoms with Crippen LogP contribution in [0, 0.1) is 13.8 Å². The Balaban J connectivity index is 1.29. The number of aryl methyl sites for hydroxylation is 2. The van der Waals surface area contributed by atoms with Gasteiger partial charge in [-0.15, -0.1) is 0 Å². The maximum atomic E-state index is 12.9. The number of likely N-dealkylation sites (tertiary alicyclic amines) is 1. The molecule has 1 amide bonds. The van der Waals surface area contributed by atoms with E-state index in [2.05, 4.69) is 17.1 Å². The summed E-state index contributed by atoms with van der Waals surface area (Å²) in [5.41, 5.74) is 3.99. The van der Waals surface area contributed by atoms with Gasteiger partial charge in [-0.1, -0.05) is 29.4 Å². The number of hydrogen-bond donors (Lipinski definition) is 0. The van der Waals surface area contributed by atoms with Crippen molar-refractivity contribution in [3.8, 4) is 11.5 Å². The summed E-state index contributed by atoms with van der Waals surface area (Å²) in [5.74, 6) is 1.23. The number of hydrogen-bond acceptors (Lipinski definition) is 5. The summed E-state index contributed by atoms with van der Waals surface area (Å²) in [7, 11) is 0. The third-order valence-electron chi connectivity index (χ3n) is 5.59. The van der Waals surface area contributed by atoms with Crippen molar-refractivity contribution in [3.05, 3.63) is 71.0 Å². The summed E-state index contributed by atoms with van der Waals surface area (Å²) in [6, 6.07) is 15.6.